The number of urea groups is 1. The summed E-state index contributed by atoms with van der Waals surface area (Å²) in [6.07, 6.45) is 1.36. The maximum atomic E-state index is 12.4. The van der Waals surface area contributed by atoms with Crippen molar-refractivity contribution in [3.8, 4) is 0 Å². The van der Waals surface area contributed by atoms with E-state index in [9.17, 15) is 9.59 Å². The summed E-state index contributed by atoms with van der Waals surface area (Å²) in [4.78, 5) is 26.4. The largest absolute Gasteiger partial charge is 0.326 e. The zero-order chi connectivity index (χ0) is 17.6. The van der Waals surface area contributed by atoms with E-state index in [1.165, 1.54) is 0 Å². The summed E-state index contributed by atoms with van der Waals surface area (Å²) in [5, 5.41) is 5.85. The molecule has 0 radical (unpaired) electrons. The third-order valence-corrected chi connectivity index (χ3v) is 4.50. The first kappa shape index (κ1) is 17.0. The van der Waals surface area contributed by atoms with Crippen LogP contribution in [-0.2, 0) is 4.79 Å². The number of para-hydroxylation sites is 1. The molecular formula is C20H23N3O2. The van der Waals surface area contributed by atoms with Gasteiger partial charge in [0.2, 0.25) is 5.91 Å². The van der Waals surface area contributed by atoms with E-state index < -0.39 is 0 Å². The standard InChI is InChI=1S/C20H23N3O2/c1-15-7-9-18(10-8-15)21-19(24)16-11-13-23(14-12-16)20(25)22-17-5-3-2-4-6-17/h2-10,16H,11-14H2,1H3,(H,21,24)(H,22,25). The van der Waals surface area contributed by atoms with Crippen molar-refractivity contribution in [3.63, 3.8) is 0 Å². The number of likely N-dealkylation sites (tertiary alicyclic amines) is 1. The van der Waals surface area contributed by atoms with Crippen molar-refractivity contribution < 1.29 is 9.59 Å². The summed E-state index contributed by atoms with van der Waals surface area (Å²) < 4.78 is 0. The Labute approximate surface area is 148 Å². The lowest BCUT2D eigenvalue weighted by atomic mass is 9.96. The quantitative estimate of drug-likeness (QED) is 0.893. The van der Waals surface area contributed by atoms with Crippen molar-refractivity contribution in [2.45, 2.75) is 19.8 Å². The number of benzene rings is 2. The van der Waals surface area contributed by atoms with Gasteiger partial charge >= 0.3 is 6.03 Å². The van der Waals surface area contributed by atoms with Crippen LogP contribution >= 0.6 is 0 Å². The normalized spacial score (nSPS) is 14.8. The Kier molecular flexibility index (Phi) is 5.33. The Morgan fingerprint density at radius 1 is 0.880 bits per heavy atom. The molecule has 0 aliphatic carbocycles. The van der Waals surface area contributed by atoms with Gasteiger partial charge in [0.15, 0.2) is 0 Å². The number of carbonyl (C=O) groups is 2. The highest BCUT2D eigenvalue weighted by atomic mass is 16.2. The molecule has 2 aromatic carbocycles. The van der Waals surface area contributed by atoms with E-state index in [-0.39, 0.29) is 17.9 Å². The average Bonchev–Trinajstić information content (AvgIpc) is 2.64. The maximum Gasteiger partial charge on any atom is 0.321 e. The highest BCUT2D eigenvalue weighted by Crippen LogP contribution is 2.20. The second kappa shape index (κ2) is 7.83. The summed E-state index contributed by atoms with van der Waals surface area (Å²) in [5.41, 5.74) is 2.77. The minimum Gasteiger partial charge on any atom is -0.326 e. The first-order valence-electron chi connectivity index (χ1n) is 8.60. The maximum absolute atomic E-state index is 12.4. The highest BCUT2D eigenvalue weighted by molar-refractivity contribution is 5.93. The Balaban J connectivity index is 1.48. The van der Waals surface area contributed by atoms with Gasteiger partial charge in [-0.05, 0) is 44.0 Å². The molecule has 3 amide bonds. The fourth-order valence-electron chi connectivity index (χ4n) is 2.95. The van der Waals surface area contributed by atoms with Crippen molar-refractivity contribution in [3.05, 3.63) is 60.2 Å². The van der Waals surface area contributed by atoms with Gasteiger partial charge in [0.1, 0.15) is 0 Å². The molecule has 1 fully saturated rings. The minimum absolute atomic E-state index is 0.0342. The Morgan fingerprint density at radius 3 is 2.12 bits per heavy atom. The summed E-state index contributed by atoms with van der Waals surface area (Å²) in [6.45, 7) is 3.19. The zero-order valence-electron chi connectivity index (χ0n) is 14.4. The van der Waals surface area contributed by atoms with Gasteiger partial charge in [-0.1, -0.05) is 35.9 Å². The predicted octanol–water partition coefficient (Wildman–Crippen LogP) is 3.88. The topological polar surface area (TPSA) is 61.4 Å². The first-order valence-corrected chi connectivity index (χ1v) is 8.60. The molecule has 3 rings (SSSR count). The third kappa shape index (κ3) is 4.59. The lowest BCUT2D eigenvalue weighted by Gasteiger charge is -2.31. The number of hydrogen-bond acceptors (Lipinski definition) is 2. The number of nitrogens with zero attached hydrogens (tertiary/aromatic N) is 1. The lowest BCUT2D eigenvalue weighted by Crippen LogP contribution is -2.43. The molecule has 0 spiro atoms. The van der Waals surface area contributed by atoms with Gasteiger partial charge in [0.25, 0.3) is 0 Å². The predicted molar refractivity (Wildman–Crippen MR) is 99.6 cm³/mol. The van der Waals surface area contributed by atoms with Crippen LogP contribution in [0.25, 0.3) is 0 Å². The fourth-order valence-corrected chi connectivity index (χ4v) is 2.95. The number of carbonyl (C=O) groups excluding carboxylic acids is 2. The SMILES string of the molecule is Cc1ccc(NC(=O)C2CCN(C(=O)Nc3ccccc3)CC2)cc1. The molecule has 2 aromatic rings. The van der Waals surface area contributed by atoms with Crippen molar-refractivity contribution in [1.82, 2.24) is 4.90 Å². The lowest BCUT2D eigenvalue weighted by molar-refractivity contribution is -0.121. The van der Waals surface area contributed by atoms with Gasteiger partial charge in [-0.15, -0.1) is 0 Å². The fraction of sp³-hybridized carbons (Fsp3) is 0.300. The molecule has 0 unspecified atom stereocenters. The smallest absolute Gasteiger partial charge is 0.321 e. The number of anilines is 2. The molecule has 0 bridgehead atoms. The summed E-state index contributed by atoms with van der Waals surface area (Å²) >= 11 is 0. The summed E-state index contributed by atoms with van der Waals surface area (Å²) in [7, 11) is 0. The van der Waals surface area contributed by atoms with E-state index in [1.54, 1.807) is 4.90 Å². The molecule has 1 saturated heterocycles. The van der Waals surface area contributed by atoms with Gasteiger partial charge in [-0.2, -0.15) is 0 Å². The number of aryl methyl sites for hydroxylation is 1. The number of amides is 3. The second-order valence-electron chi connectivity index (χ2n) is 6.41. The van der Waals surface area contributed by atoms with E-state index in [0.29, 0.717) is 25.9 Å². The van der Waals surface area contributed by atoms with E-state index in [4.69, 9.17) is 0 Å². The molecule has 130 valence electrons. The molecule has 1 aliphatic rings. The van der Waals surface area contributed by atoms with E-state index in [0.717, 1.165) is 16.9 Å². The number of rotatable bonds is 3. The molecule has 5 heteroatoms. The molecule has 0 atom stereocenters. The molecule has 0 saturated carbocycles. The van der Waals surface area contributed by atoms with Crippen LogP contribution in [0.5, 0.6) is 0 Å². The van der Waals surface area contributed by atoms with Crippen LogP contribution in [0.3, 0.4) is 0 Å². The molecule has 0 aromatic heterocycles. The van der Waals surface area contributed by atoms with Crippen LogP contribution in [-0.4, -0.2) is 29.9 Å². The van der Waals surface area contributed by atoms with E-state index >= 15 is 0 Å². The number of hydrogen-bond donors (Lipinski definition) is 2. The molecule has 25 heavy (non-hydrogen) atoms. The van der Waals surface area contributed by atoms with Gasteiger partial charge in [-0.3, -0.25) is 4.79 Å². The first-order chi connectivity index (χ1) is 12.1. The van der Waals surface area contributed by atoms with Crippen molar-refractivity contribution >= 4 is 23.3 Å². The number of piperidine rings is 1. The van der Waals surface area contributed by atoms with Crippen LogP contribution < -0.4 is 10.6 Å². The molecular weight excluding hydrogens is 314 g/mol. The Morgan fingerprint density at radius 2 is 1.48 bits per heavy atom. The van der Waals surface area contributed by atoms with E-state index in [1.807, 2.05) is 61.5 Å². The molecule has 1 heterocycles. The van der Waals surface area contributed by atoms with Gasteiger partial charge in [-0.25, -0.2) is 4.79 Å². The van der Waals surface area contributed by atoms with Gasteiger partial charge in [0, 0.05) is 30.4 Å². The molecule has 5 nitrogen and oxygen atoms in total. The van der Waals surface area contributed by atoms with Crippen LogP contribution in [0.2, 0.25) is 0 Å². The monoisotopic (exact) mass is 337 g/mol. The van der Waals surface area contributed by atoms with E-state index in [2.05, 4.69) is 10.6 Å². The molecule has 2 N–H and O–H groups in total. The Hall–Kier alpha value is -2.82. The van der Waals surface area contributed by atoms with Crippen LogP contribution in [0.15, 0.2) is 54.6 Å². The minimum atomic E-state index is -0.108. The van der Waals surface area contributed by atoms with Crippen molar-refractivity contribution in [1.29, 1.82) is 0 Å². The van der Waals surface area contributed by atoms with Gasteiger partial charge in [0.05, 0.1) is 0 Å². The van der Waals surface area contributed by atoms with Crippen molar-refractivity contribution in [2.75, 3.05) is 23.7 Å². The average molecular weight is 337 g/mol. The second-order valence-corrected chi connectivity index (χ2v) is 6.41. The zero-order valence-corrected chi connectivity index (χ0v) is 14.4. The third-order valence-electron chi connectivity index (χ3n) is 4.50. The van der Waals surface area contributed by atoms with Crippen LogP contribution in [0, 0.1) is 12.8 Å². The number of nitrogens with one attached hydrogen (secondary N) is 2. The van der Waals surface area contributed by atoms with Gasteiger partial charge < -0.3 is 15.5 Å². The molecule has 1 aliphatic heterocycles. The summed E-state index contributed by atoms with van der Waals surface area (Å²) in [5.74, 6) is -0.0194. The highest BCUT2D eigenvalue weighted by Gasteiger charge is 2.27. The van der Waals surface area contributed by atoms with Crippen LogP contribution in [0.4, 0.5) is 16.2 Å². The van der Waals surface area contributed by atoms with Crippen LogP contribution in [0.1, 0.15) is 18.4 Å². The van der Waals surface area contributed by atoms with Crippen molar-refractivity contribution in [2.24, 2.45) is 5.92 Å². The summed E-state index contributed by atoms with van der Waals surface area (Å²) in [6, 6.07) is 17.1. The Bertz CT molecular complexity index is 720.